The first kappa shape index (κ1) is 11.7. The smallest absolute Gasteiger partial charge is 0.115 e. The van der Waals surface area contributed by atoms with Crippen LogP contribution in [0.15, 0.2) is 41.8 Å². The number of imidazole rings is 1. The highest BCUT2D eigenvalue weighted by molar-refractivity contribution is 6.28. The van der Waals surface area contributed by atoms with E-state index in [1.54, 1.807) is 6.33 Å². The van der Waals surface area contributed by atoms with E-state index in [-0.39, 0.29) is 5.88 Å². The van der Waals surface area contributed by atoms with Gasteiger partial charge in [0.05, 0.1) is 29.8 Å². The molecule has 0 spiro atoms. The molecular weight excluding hydrogens is 236 g/mol. The molecule has 2 rings (SSSR count). The molecule has 0 saturated heterocycles. The monoisotopic (exact) mass is 248 g/mol. The first-order chi connectivity index (χ1) is 8.20. The second kappa shape index (κ2) is 5.01. The van der Waals surface area contributed by atoms with Gasteiger partial charge in [-0.1, -0.05) is 12.1 Å². The molecule has 0 bridgehead atoms. The molecule has 1 heterocycles. The van der Waals surface area contributed by atoms with Gasteiger partial charge in [0.25, 0.3) is 0 Å². The average Bonchev–Trinajstić information content (AvgIpc) is 2.76. The molecule has 17 heavy (non-hydrogen) atoms. The summed E-state index contributed by atoms with van der Waals surface area (Å²) in [6, 6.07) is 7.78. The predicted molar refractivity (Wildman–Crippen MR) is 70.6 cm³/mol. The number of rotatable bonds is 3. The molecule has 0 radical (unpaired) electrons. The number of aliphatic imine (C=N–C) groups is 1. The lowest BCUT2D eigenvalue weighted by atomic mass is 10.1. The number of hydrogen-bond acceptors (Lipinski definition) is 2. The van der Waals surface area contributed by atoms with E-state index in [1.807, 2.05) is 42.1 Å². The molecule has 2 N–H and O–H groups in total. The van der Waals surface area contributed by atoms with Crippen LogP contribution in [0.3, 0.4) is 0 Å². The van der Waals surface area contributed by atoms with Gasteiger partial charge in [0, 0.05) is 7.05 Å². The highest BCUT2D eigenvalue weighted by atomic mass is 35.5. The number of aromatic nitrogens is 2. The van der Waals surface area contributed by atoms with Gasteiger partial charge in [0.15, 0.2) is 0 Å². The minimum atomic E-state index is 0.240. The Morgan fingerprint density at radius 3 is 2.65 bits per heavy atom. The Hall–Kier alpha value is -1.81. The van der Waals surface area contributed by atoms with Crippen LogP contribution in [0.1, 0.15) is 0 Å². The van der Waals surface area contributed by atoms with Crippen LogP contribution in [-0.4, -0.2) is 21.3 Å². The summed E-state index contributed by atoms with van der Waals surface area (Å²) in [5.41, 5.74) is 8.52. The number of aryl methyl sites for hydroxylation is 1. The maximum Gasteiger partial charge on any atom is 0.115 e. The summed E-state index contributed by atoms with van der Waals surface area (Å²) >= 11 is 5.57. The van der Waals surface area contributed by atoms with Crippen molar-refractivity contribution in [3.05, 3.63) is 36.8 Å². The van der Waals surface area contributed by atoms with Crippen molar-refractivity contribution in [2.75, 3.05) is 5.88 Å². The van der Waals surface area contributed by atoms with Crippen molar-refractivity contribution in [3.8, 4) is 11.3 Å². The summed E-state index contributed by atoms with van der Waals surface area (Å²) in [5.74, 6) is 0.656. The fraction of sp³-hybridized carbons (Fsp3) is 0.167. The van der Waals surface area contributed by atoms with Crippen LogP contribution < -0.4 is 5.73 Å². The van der Waals surface area contributed by atoms with Gasteiger partial charge in [-0.05, 0) is 17.7 Å². The minimum absolute atomic E-state index is 0.240. The molecule has 0 aliphatic heterocycles. The second-order valence-corrected chi connectivity index (χ2v) is 3.94. The van der Waals surface area contributed by atoms with E-state index in [0.717, 1.165) is 16.9 Å². The number of alkyl halides is 1. The average molecular weight is 249 g/mol. The van der Waals surface area contributed by atoms with Gasteiger partial charge >= 0.3 is 0 Å². The maximum absolute atomic E-state index is 5.57. The zero-order chi connectivity index (χ0) is 12.3. The van der Waals surface area contributed by atoms with Crippen LogP contribution in [-0.2, 0) is 7.05 Å². The van der Waals surface area contributed by atoms with Gasteiger partial charge in [0.1, 0.15) is 5.84 Å². The van der Waals surface area contributed by atoms with Crippen molar-refractivity contribution in [2.45, 2.75) is 0 Å². The standard InChI is InChI=1S/C12H13ClN4/c1-17-8-15-7-11(17)9-2-4-10(5-3-9)16-12(14)6-13/h2-5,7-8H,6H2,1H3,(H2,14,16). The van der Waals surface area contributed by atoms with Gasteiger partial charge in [-0.2, -0.15) is 0 Å². The van der Waals surface area contributed by atoms with E-state index in [0.29, 0.717) is 5.84 Å². The summed E-state index contributed by atoms with van der Waals surface area (Å²) in [6.07, 6.45) is 3.60. The molecule has 2 aromatic rings. The lowest BCUT2D eigenvalue weighted by molar-refractivity contribution is 0.921. The molecular formula is C12H13ClN4. The molecule has 0 unspecified atom stereocenters. The van der Waals surface area contributed by atoms with E-state index >= 15 is 0 Å². The molecule has 5 heteroatoms. The molecule has 0 fully saturated rings. The number of hydrogen-bond donors (Lipinski definition) is 1. The van der Waals surface area contributed by atoms with Crippen molar-refractivity contribution in [1.29, 1.82) is 0 Å². The second-order valence-electron chi connectivity index (χ2n) is 3.67. The van der Waals surface area contributed by atoms with Crippen LogP contribution in [0.5, 0.6) is 0 Å². The van der Waals surface area contributed by atoms with E-state index in [4.69, 9.17) is 17.3 Å². The Balaban J connectivity index is 2.28. The van der Waals surface area contributed by atoms with Crippen LogP contribution in [0.4, 0.5) is 5.69 Å². The van der Waals surface area contributed by atoms with Crippen LogP contribution in [0.2, 0.25) is 0 Å². The SMILES string of the molecule is Cn1cncc1-c1ccc(N=C(N)CCl)cc1. The first-order valence-electron chi connectivity index (χ1n) is 5.16. The zero-order valence-corrected chi connectivity index (χ0v) is 10.2. The van der Waals surface area contributed by atoms with Gasteiger partial charge in [-0.15, -0.1) is 11.6 Å². The summed E-state index contributed by atoms with van der Waals surface area (Å²) in [5, 5.41) is 0. The molecule has 0 saturated carbocycles. The normalized spacial score (nSPS) is 11.8. The zero-order valence-electron chi connectivity index (χ0n) is 9.47. The van der Waals surface area contributed by atoms with Crippen molar-refractivity contribution in [3.63, 3.8) is 0 Å². The Labute approximate surface area is 105 Å². The highest BCUT2D eigenvalue weighted by Crippen LogP contribution is 2.21. The fourth-order valence-corrected chi connectivity index (χ4v) is 1.60. The van der Waals surface area contributed by atoms with Gasteiger partial charge < -0.3 is 10.3 Å². The summed E-state index contributed by atoms with van der Waals surface area (Å²) in [4.78, 5) is 8.24. The topological polar surface area (TPSA) is 56.2 Å². The molecule has 4 nitrogen and oxygen atoms in total. The summed E-state index contributed by atoms with van der Waals surface area (Å²) < 4.78 is 1.96. The number of nitrogens with zero attached hydrogens (tertiary/aromatic N) is 3. The molecule has 0 aliphatic rings. The lowest BCUT2D eigenvalue weighted by Crippen LogP contribution is -2.12. The van der Waals surface area contributed by atoms with Gasteiger partial charge in [-0.3, -0.25) is 0 Å². The van der Waals surface area contributed by atoms with Crippen LogP contribution in [0.25, 0.3) is 11.3 Å². The Bertz CT molecular complexity index is 528. The maximum atomic E-state index is 5.57. The number of nitrogens with two attached hydrogens (primary N) is 1. The van der Waals surface area contributed by atoms with Crippen LogP contribution >= 0.6 is 11.6 Å². The van der Waals surface area contributed by atoms with Crippen molar-refractivity contribution in [2.24, 2.45) is 17.8 Å². The predicted octanol–water partition coefficient (Wildman–Crippen LogP) is 2.31. The molecule has 1 aromatic carbocycles. The van der Waals surface area contributed by atoms with E-state index in [1.165, 1.54) is 0 Å². The van der Waals surface area contributed by atoms with Gasteiger partial charge in [0.2, 0.25) is 0 Å². The molecule has 0 atom stereocenters. The summed E-state index contributed by atoms with van der Waals surface area (Å²) in [6.45, 7) is 0. The summed E-state index contributed by atoms with van der Waals surface area (Å²) in [7, 11) is 1.96. The van der Waals surface area contributed by atoms with Crippen molar-refractivity contribution in [1.82, 2.24) is 9.55 Å². The number of amidine groups is 1. The highest BCUT2D eigenvalue weighted by Gasteiger charge is 2.01. The minimum Gasteiger partial charge on any atom is -0.386 e. The largest absolute Gasteiger partial charge is 0.386 e. The van der Waals surface area contributed by atoms with Crippen molar-refractivity contribution < 1.29 is 0 Å². The molecule has 0 aliphatic carbocycles. The lowest BCUT2D eigenvalue weighted by Gasteiger charge is -2.02. The molecule has 0 amide bonds. The molecule has 1 aromatic heterocycles. The third-order valence-electron chi connectivity index (χ3n) is 2.39. The van der Waals surface area contributed by atoms with E-state index < -0.39 is 0 Å². The third kappa shape index (κ3) is 2.65. The number of benzene rings is 1. The third-order valence-corrected chi connectivity index (χ3v) is 2.66. The Morgan fingerprint density at radius 1 is 1.41 bits per heavy atom. The quantitative estimate of drug-likeness (QED) is 0.515. The fourth-order valence-electron chi connectivity index (χ4n) is 1.54. The van der Waals surface area contributed by atoms with Crippen LogP contribution in [0, 0.1) is 0 Å². The Kier molecular flexibility index (Phi) is 3.44. The molecule has 88 valence electrons. The first-order valence-corrected chi connectivity index (χ1v) is 5.70. The van der Waals surface area contributed by atoms with E-state index in [2.05, 4.69) is 9.98 Å². The van der Waals surface area contributed by atoms with E-state index in [9.17, 15) is 0 Å². The number of halogens is 1. The van der Waals surface area contributed by atoms with Crippen molar-refractivity contribution >= 4 is 23.1 Å². The Morgan fingerprint density at radius 2 is 2.12 bits per heavy atom. The van der Waals surface area contributed by atoms with Gasteiger partial charge in [-0.25, -0.2) is 9.98 Å².